The summed E-state index contributed by atoms with van der Waals surface area (Å²) in [6.45, 7) is 6.43. The summed E-state index contributed by atoms with van der Waals surface area (Å²) in [6, 6.07) is 0.382. The summed E-state index contributed by atoms with van der Waals surface area (Å²) < 4.78 is 5.00. The van der Waals surface area contributed by atoms with Gasteiger partial charge in [-0.3, -0.25) is 0 Å². The highest BCUT2D eigenvalue weighted by Gasteiger charge is 2.25. The Morgan fingerprint density at radius 2 is 2.25 bits per heavy atom. The van der Waals surface area contributed by atoms with Crippen LogP contribution in [-0.2, 0) is 4.74 Å². The zero-order chi connectivity index (χ0) is 8.97. The summed E-state index contributed by atoms with van der Waals surface area (Å²) in [5.41, 5.74) is 5.90. The number of nitrogens with two attached hydrogens (primary N) is 1. The number of likely N-dealkylation sites (tertiary alicyclic amines) is 1. The van der Waals surface area contributed by atoms with E-state index in [1.165, 1.54) is 0 Å². The molecule has 1 aliphatic heterocycles. The highest BCUT2D eigenvalue weighted by atomic mass is 16.5. The molecule has 0 aromatic rings. The van der Waals surface area contributed by atoms with Crippen molar-refractivity contribution in [3.05, 3.63) is 0 Å². The first-order valence-electron chi connectivity index (χ1n) is 4.71. The molecule has 2 atom stereocenters. The monoisotopic (exact) mass is 172 g/mol. The van der Waals surface area contributed by atoms with Gasteiger partial charge in [0.15, 0.2) is 0 Å². The second-order valence-corrected chi connectivity index (χ2v) is 3.75. The molecule has 0 aromatic heterocycles. The Hall–Kier alpha value is -0.120. The minimum atomic E-state index is 0.382. The lowest BCUT2D eigenvalue weighted by Crippen LogP contribution is -2.29. The van der Waals surface area contributed by atoms with E-state index < -0.39 is 0 Å². The Balaban J connectivity index is 2.10. The number of methoxy groups -OCH3 is 1. The highest BCUT2D eigenvalue weighted by Crippen LogP contribution is 2.13. The molecule has 1 aliphatic rings. The lowest BCUT2D eigenvalue weighted by Gasteiger charge is -2.14. The predicted octanol–water partition coefficient (Wildman–Crippen LogP) is 0.302. The van der Waals surface area contributed by atoms with Crippen molar-refractivity contribution in [1.82, 2.24) is 4.90 Å². The molecule has 2 unspecified atom stereocenters. The van der Waals surface area contributed by atoms with E-state index in [2.05, 4.69) is 11.8 Å². The number of ether oxygens (including phenoxy) is 1. The van der Waals surface area contributed by atoms with Gasteiger partial charge >= 0.3 is 0 Å². The molecular weight excluding hydrogens is 152 g/mol. The van der Waals surface area contributed by atoms with Gasteiger partial charge in [-0.25, -0.2) is 0 Å². The van der Waals surface area contributed by atoms with Crippen LogP contribution in [0.1, 0.15) is 13.3 Å². The lowest BCUT2D eigenvalue weighted by molar-refractivity contribution is 0.178. The van der Waals surface area contributed by atoms with Gasteiger partial charge in [-0.1, -0.05) is 6.92 Å². The van der Waals surface area contributed by atoms with Crippen molar-refractivity contribution in [1.29, 1.82) is 0 Å². The fourth-order valence-electron chi connectivity index (χ4n) is 1.71. The number of rotatable bonds is 4. The van der Waals surface area contributed by atoms with Crippen LogP contribution in [0.3, 0.4) is 0 Å². The molecule has 0 amide bonds. The van der Waals surface area contributed by atoms with E-state index in [0.717, 1.165) is 32.7 Å². The van der Waals surface area contributed by atoms with Crippen LogP contribution in [0.15, 0.2) is 0 Å². The van der Waals surface area contributed by atoms with Crippen molar-refractivity contribution in [2.24, 2.45) is 11.7 Å². The maximum Gasteiger partial charge on any atom is 0.0474 e. The van der Waals surface area contributed by atoms with Gasteiger partial charge < -0.3 is 15.4 Å². The molecule has 1 heterocycles. The van der Waals surface area contributed by atoms with Crippen LogP contribution in [0.2, 0.25) is 0 Å². The molecule has 1 saturated heterocycles. The summed E-state index contributed by atoms with van der Waals surface area (Å²) in [5.74, 6) is 0.660. The zero-order valence-corrected chi connectivity index (χ0v) is 8.12. The minimum Gasteiger partial charge on any atom is -0.385 e. The third kappa shape index (κ3) is 2.73. The van der Waals surface area contributed by atoms with Crippen LogP contribution in [-0.4, -0.2) is 44.3 Å². The summed E-state index contributed by atoms with van der Waals surface area (Å²) >= 11 is 0. The van der Waals surface area contributed by atoms with Gasteiger partial charge in [0.25, 0.3) is 0 Å². The van der Waals surface area contributed by atoms with E-state index in [4.69, 9.17) is 10.5 Å². The van der Waals surface area contributed by atoms with Crippen molar-refractivity contribution in [3.63, 3.8) is 0 Å². The Morgan fingerprint density at radius 3 is 2.75 bits per heavy atom. The van der Waals surface area contributed by atoms with Gasteiger partial charge in [0.05, 0.1) is 0 Å². The molecule has 0 aliphatic carbocycles. The van der Waals surface area contributed by atoms with E-state index in [1.807, 2.05) is 0 Å². The number of hydrogen-bond donors (Lipinski definition) is 1. The summed E-state index contributed by atoms with van der Waals surface area (Å²) in [4.78, 5) is 2.42. The summed E-state index contributed by atoms with van der Waals surface area (Å²) in [5, 5.41) is 0. The largest absolute Gasteiger partial charge is 0.385 e. The first-order chi connectivity index (χ1) is 5.74. The molecule has 0 bridgehead atoms. The van der Waals surface area contributed by atoms with Crippen molar-refractivity contribution in [3.8, 4) is 0 Å². The Bertz CT molecular complexity index is 120. The molecule has 0 aromatic carbocycles. The van der Waals surface area contributed by atoms with Crippen LogP contribution < -0.4 is 5.73 Å². The maximum absolute atomic E-state index is 5.90. The summed E-state index contributed by atoms with van der Waals surface area (Å²) in [6.07, 6.45) is 1.12. The number of hydrogen-bond acceptors (Lipinski definition) is 3. The quantitative estimate of drug-likeness (QED) is 0.620. The van der Waals surface area contributed by atoms with Crippen molar-refractivity contribution < 1.29 is 4.74 Å². The Kier molecular flexibility index (Phi) is 3.98. The van der Waals surface area contributed by atoms with Gasteiger partial charge in [0, 0.05) is 39.4 Å². The molecule has 0 spiro atoms. The molecule has 0 radical (unpaired) electrons. The van der Waals surface area contributed by atoms with E-state index in [9.17, 15) is 0 Å². The van der Waals surface area contributed by atoms with E-state index in [-0.39, 0.29) is 0 Å². The van der Waals surface area contributed by atoms with Crippen LogP contribution >= 0.6 is 0 Å². The molecule has 2 N–H and O–H groups in total. The normalized spacial score (nSPS) is 31.2. The van der Waals surface area contributed by atoms with Crippen LogP contribution in [0.25, 0.3) is 0 Å². The topological polar surface area (TPSA) is 38.5 Å². The molecule has 0 saturated carbocycles. The van der Waals surface area contributed by atoms with Crippen molar-refractivity contribution >= 4 is 0 Å². The van der Waals surface area contributed by atoms with Crippen LogP contribution in [0.5, 0.6) is 0 Å². The van der Waals surface area contributed by atoms with Gasteiger partial charge in [0.2, 0.25) is 0 Å². The van der Waals surface area contributed by atoms with Gasteiger partial charge in [0.1, 0.15) is 0 Å². The maximum atomic E-state index is 5.90. The van der Waals surface area contributed by atoms with Crippen LogP contribution in [0.4, 0.5) is 0 Å². The average molecular weight is 172 g/mol. The lowest BCUT2D eigenvalue weighted by atomic mass is 10.1. The predicted molar refractivity (Wildman–Crippen MR) is 50.1 cm³/mol. The Labute approximate surface area is 74.9 Å². The fourth-order valence-corrected chi connectivity index (χ4v) is 1.71. The standard InChI is InChI=1S/C9H20N2O/c1-8-6-11(7-9(8)10)4-3-5-12-2/h8-9H,3-7,10H2,1-2H3. The van der Waals surface area contributed by atoms with Crippen LogP contribution in [0, 0.1) is 5.92 Å². The van der Waals surface area contributed by atoms with E-state index >= 15 is 0 Å². The average Bonchev–Trinajstić information content (AvgIpc) is 2.32. The molecule has 1 fully saturated rings. The van der Waals surface area contributed by atoms with Crippen molar-refractivity contribution in [2.45, 2.75) is 19.4 Å². The third-order valence-electron chi connectivity index (χ3n) is 2.57. The third-order valence-corrected chi connectivity index (χ3v) is 2.57. The van der Waals surface area contributed by atoms with Crippen molar-refractivity contribution in [2.75, 3.05) is 33.4 Å². The molecule has 72 valence electrons. The Morgan fingerprint density at radius 1 is 1.50 bits per heavy atom. The van der Waals surface area contributed by atoms with Gasteiger partial charge in [-0.05, 0) is 12.3 Å². The smallest absolute Gasteiger partial charge is 0.0474 e. The molecule has 3 nitrogen and oxygen atoms in total. The molecular formula is C9H20N2O. The highest BCUT2D eigenvalue weighted by molar-refractivity contribution is 4.83. The molecule has 1 rings (SSSR count). The molecule has 3 heteroatoms. The second kappa shape index (κ2) is 4.80. The van der Waals surface area contributed by atoms with Gasteiger partial charge in [-0.2, -0.15) is 0 Å². The van der Waals surface area contributed by atoms with E-state index in [0.29, 0.717) is 12.0 Å². The van der Waals surface area contributed by atoms with Gasteiger partial charge in [-0.15, -0.1) is 0 Å². The van der Waals surface area contributed by atoms with E-state index in [1.54, 1.807) is 7.11 Å². The SMILES string of the molecule is COCCCN1CC(C)C(N)C1. The first kappa shape index (κ1) is 9.96. The first-order valence-corrected chi connectivity index (χ1v) is 4.71. The minimum absolute atomic E-state index is 0.382. The zero-order valence-electron chi connectivity index (χ0n) is 8.12. The second-order valence-electron chi connectivity index (χ2n) is 3.75. The fraction of sp³-hybridized carbons (Fsp3) is 1.00. The molecule has 12 heavy (non-hydrogen) atoms. The number of nitrogens with zero attached hydrogens (tertiary/aromatic N) is 1. The summed E-state index contributed by atoms with van der Waals surface area (Å²) in [7, 11) is 1.75.